The third kappa shape index (κ3) is 7.25. The van der Waals surface area contributed by atoms with Crippen LogP contribution in [0.5, 0.6) is 0 Å². The summed E-state index contributed by atoms with van der Waals surface area (Å²) in [6.45, 7) is 11.4. The Bertz CT molecular complexity index is 996. The van der Waals surface area contributed by atoms with Crippen LogP contribution in [0.2, 0.25) is 0 Å². The molecule has 0 aromatic heterocycles. The van der Waals surface area contributed by atoms with Crippen molar-refractivity contribution in [2.75, 3.05) is 32.8 Å². The van der Waals surface area contributed by atoms with E-state index in [-0.39, 0.29) is 18.0 Å². The van der Waals surface area contributed by atoms with Crippen LogP contribution in [-0.2, 0) is 25.6 Å². The molecule has 7 nitrogen and oxygen atoms in total. The quantitative estimate of drug-likeness (QED) is 0.457. The van der Waals surface area contributed by atoms with E-state index in [1.54, 1.807) is 6.92 Å². The number of ketones is 1. The number of nitrogens with one attached hydrogen (secondary N) is 2. The van der Waals surface area contributed by atoms with Crippen LogP contribution in [0.1, 0.15) is 76.3 Å². The first kappa shape index (κ1) is 29.7. The van der Waals surface area contributed by atoms with Gasteiger partial charge in [-0.1, -0.05) is 29.8 Å². The number of nitrogens with zero attached hydrogens (tertiary/aromatic N) is 1. The summed E-state index contributed by atoms with van der Waals surface area (Å²) in [7, 11) is 0. The Labute approximate surface area is 247 Å². The largest absolute Gasteiger partial charge is 0.374 e. The van der Waals surface area contributed by atoms with Crippen molar-refractivity contribution >= 4 is 5.78 Å². The average Bonchev–Trinajstić information content (AvgIpc) is 3.46. The molecule has 3 saturated heterocycles. The van der Waals surface area contributed by atoms with Gasteiger partial charge in [0.1, 0.15) is 6.10 Å². The maximum absolute atomic E-state index is 11.5. The van der Waals surface area contributed by atoms with E-state index >= 15 is 0 Å². The van der Waals surface area contributed by atoms with Crippen molar-refractivity contribution in [1.82, 2.24) is 15.5 Å². The maximum Gasteiger partial charge on any atom is 0.158 e. The number of hydrogen-bond donors (Lipinski definition) is 2. The van der Waals surface area contributed by atoms with E-state index < -0.39 is 0 Å². The van der Waals surface area contributed by atoms with Crippen molar-refractivity contribution in [3.63, 3.8) is 0 Å². The number of ether oxygens (including phenoxy) is 3. The van der Waals surface area contributed by atoms with E-state index in [0.717, 1.165) is 56.5 Å². The van der Waals surface area contributed by atoms with Gasteiger partial charge in [-0.05, 0) is 108 Å². The minimum absolute atomic E-state index is 0.0729. The molecule has 41 heavy (non-hydrogen) atoms. The molecule has 1 aromatic carbocycles. The first-order chi connectivity index (χ1) is 19.9. The fourth-order valence-electron chi connectivity index (χ4n) is 8.77. The van der Waals surface area contributed by atoms with Crippen LogP contribution in [0.4, 0.5) is 0 Å². The van der Waals surface area contributed by atoms with Gasteiger partial charge >= 0.3 is 0 Å². The molecule has 0 bridgehead atoms. The van der Waals surface area contributed by atoms with Crippen LogP contribution in [0, 0.1) is 30.6 Å². The number of rotatable bonds is 9. The van der Waals surface area contributed by atoms with Crippen molar-refractivity contribution in [2.45, 2.75) is 115 Å². The third-order valence-electron chi connectivity index (χ3n) is 11.1. The molecule has 5 aliphatic rings. The monoisotopic (exact) mass is 567 g/mol. The highest BCUT2D eigenvalue weighted by atomic mass is 16.6. The number of piperidine rings is 1. The Morgan fingerprint density at radius 2 is 1.66 bits per heavy atom. The highest BCUT2D eigenvalue weighted by Gasteiger charge is 2.49. The summed E-state index contributed by atoms with van der Waals surface area (Å²) < 4.78 is 18.1. The van der Waals surface area contributed by atoms with Crippen LogP contribution >= 0.6 is 0 Å². The number of likely N-dealkylation sites (tertiary alicyclic amines) is 1. The number of benzene rings is 1. The highest BCUT2D eigenvalue weighted by molar-refractivity contribution is 5.80. The molecule has 228 valence electrons. The molecule has 2 saturated carbocycles. The van der Waals surface area contributed by atoms with Gasteiger partial charge in [-0.25, -0.2) is 0 Å². The van der Waals surface area contributed by atoms with Gasteiger partial charge in [0.2, 0.25) is 0 Å². The van der Waals surface area contributed by atoms with Gasteiger partial charge in [0.25, 0.3) is 0 Å². The molecule has 0 radical (unpaired) electrons. The van der Waals surface area contributed by atoms with E-state index in [0.29, 0.717) is 37.4 Å². The van der Waals surface area contributed by atoms with Gasteiger partial charge in [0, 0.05) is 25.0 Å². The topological polar surface area (TPSA) is 72.1 Å². The van der Waals surface area contributed by atoms with Gasteiger partial charge in [0.15, 0.2) is 5.78 Å². The van der Waals surface area contributed by atoms with Gasteiger partial charge in [-0.2, -0.15) is 0 Å². The molecule has 6 rings (SSSR count). The molecule has 1 aromatic rings. The zero-order valence-electron chi connectivity index (χ0n) is 25.6. The van der Waals surface area contributed by atoms with Gasteiger partial charge in [-0.15, -0.1) is 0 Å². The SMILES string of the molecule is CC(=O)C1CC(OCCN2CCC(C3NC(C)NC4C5CCC(OCc6ccc(C)cc6)CC5CCC34)CC2)CO1. The Kier molecular flexibility index (Phi) is 9.80. The standard InChI is InChI=1S/C34H53N3O4/c1-22-4-6-25(7-5-22)20-40-28-9-11-30-27(18-28)8-10-31-33(35-24(3)36-34(30)31)26-12-14-37(15-13-26)16-17-39-29-19-32(23(2)38)41-21-29/h4-7,24,26-36H,8-21H2,1-3H3. The van der Waals surface area contributed by atoms with Gasteiger partial charge in [-0.3, -0.25) is 15.4 Å². The van der Waals surface area contributed by atoms with Crippen LogP contribution in [0.15, 0.2) is 24.3 Å². The summed E-state index contributed by atoms with van der Waals surface area (Å²) in [4.78, 5) is 14.1. The molecule has 0 amide bonds. The highest BCUT2D eigenvalue weighted by Crippen LogP contribution is 2.47. The molecule has 3 aliphatic heterocycles. The molecule has 7 heteroatoms. The molecular weight excluding hydrogens is 514 g/mol. The third-order valence-corrected chi connectivity index (χ3v) is 11.1. The first-order valence-electron chi connectivity index (χ1n) is 16.6. The maximum atomic E-state index is 11.5. The fraction of sp³-hybridized carbons (Fsp3) is 0.794. The zero-order chi connectivity index (χ0) is 28.3. The minimum atomic E-state index is -0.262. The molecule has 9 unspecified atom stereocenters. The number of fused-ring (bicyclic) bond motifs is 3. The Morgan fingerprint density at radius 3 is 2.41 bits per heavy atom. The van der Waals surface area contributed by atoms with Crippen molar-refractivity contribution in [1.29, 1.82) is 0 Å². The predicted molar refractivity (Wildman–Crippen MR) is 161 cm³/mol. The summed E-state index contributed by atoms with van der Waals surface area (Å²) >= 11 is 0. The van der Waals surface area contributed by atoms with Gasteiger partial charge < -0.3 is 19.1 Å². The molecule has 9 atom stereocenters. The molecule has 2 aliphatic carbocycles. The lowest BCUT2D eigenvalue weighted by molar-refractivity contribution is -0.125. The minimum Gasteiger partial charge on any atom is -0.374 e. The van der Waals surface area contributed by atoms with Crippen molar-refractivity contribution < 1.29 is 19.0 Å². The van der Waals surface area contributed by atoms with Crippen LogP contribution < -0.4 is 10.6 Å². The van der Waals surface area contributed by atoms with E-state index in [4.69, 9.17) is 14.2 Å². The van der Waals surface area contributed by atoms with E-state index in [2.05, 4.69) is 53.6 Å². The van der Waals surface area contributed by atoms with Crippen molar-refractivity contribution in [3.05, 3.63) is 35.4 Å². The summed E-state index contributed by atoms with van der Waals surface area (Å²) in [5.41, 5.74) is 2.60. The number of hydrogen-bond acceptors (Lipinski definition) is 7. The van der Waals surface area contributed by atoms with Crippen LogP contribution in [-0.4, -0.2) is 80.1 Å². The smallest absolute Gasteiger partial charge is 0.158 e. The fourth-order valence-corrected chi connectivity index (χ4v) is 8.77. The second-order valence-corrected chi connectivity index (χ2v) is 13.8. The second-order valence-electron chi connectivity index (χ2n) is 13.8. The second kappa shape index (κ2) is 13.5. The summed E-state index contributed by atoms with van der Waals surface area (Å²) in [5, 5.41) is 8.05. The molecule has 0 spiro atoms. The molecule has 5 fully saturated rings. The van der Waals surface area contributed by atoms with E-state index in [1.165, 1.54) is 56.1 Å². The predicted octanol–water partition coefficient (Wildman–Crippen LogP) is 4.46. The Morgan fingerprint density at radius 1 is 0.902 bits per heavy atom. The Balaban J connectivity index is 0.955. The van der Waals surface area contributed by atoms with Crippen molar-refractivity contribution in [3.8, 4) is 0 Å². The normalized spacial score (nSPS) is 38.4. The average molecular weight is 568 g/mol. The summed E-state index contributed by atoms with van der Waals surface area (Å²) in [6, 6.07) is 10.1. The number of carbonyl (C=O) groups excluding carboxylic acids is 1. The summed E-state index contributed by atoms with van der Waals surface area (Å²) in [5.74, 6) is 3.21. The van der Waals surface area contributed by atoms with Crippen LogP contribution in [0.25, 0.3) is 0 Å². The first-order valence-corrected chi connectivity index (χ1v) is 16.6. The number of aryl methyl sites for hydroxylation is 1. The number of Topliss-reactive ketones (excluding diaryl/α,β-unsaturated/α-hetero) is 1. The molecule has 3 heterocycles. The van der Waals surface area contributed by atoms with Gasteiger partial charge in [0.05, 0.1) is 38.2 Å². The lowest BCUT2D eigenvalue weighted by Gasteiger charge is -2.55. The lowest BCUT2D eigenvalue weighted by atomic mass is 9.60. The number of carbonyl (C=O) groups is 1. The lowest BCUT2D eigenvalue weighted by Crippen LogP contribution is -2.68. The molecule has 2 N–H and O–H groups in total. The molecular formula is C34H53N3O4. The summed E-state index contributed by atoms with van der Waals surface area (Å²) in [6.07, 6.45) is 10.3. The van der Waals surface area contributed by atoms with Crippen molar-refractivity contribution in [2.24, 2.45) is 23.7 Å². The van der Waals surface area contributed by atoms with E-state index in [1.807, 2.05) is 0 Å². The zero-order valence-corrected chi connectivity index (χ0v) is 25.6. The van der Waals surface area contributed by atoms with Crippen LogP contribution in [0.3, 0.4) is 0 Å². The Hall–Kier alpha value is -1.35. The van der Waals surface area contributed by atoms with E-state index in [9.17, 15) is 4.79 Å².